The van der Waals surface area contributed by atoms with Gasteiger partial charge in [-0.1, -0.05) is 36.7 Å². The second-order valence-corrected chi connectivity index (χ2v) is 10.4. The van der Waals surface area contributed by atoms with Crippen LogP contribution in [0.25, 0.3) is 11.1 Å². The van der Waals surface area contributed by atoms with Crippen LogP contribution in [0.3, 0.4) is 0 Å². The lowest BCUT2D eigenvalue weighted by Crippen LogP contribution is -2.35. The zero-order valence-electron chi connectivity index (χ0n) is 20.8. The minimum atomic E-state index is -0.455. The SMILES string of the molecule is CC1=C(c2ccc(F)cc2Cl)C(c2ccc(OC[C@H](C)N3CC[C@@H](C)C3)cc2)Oc2ccc(O)cc21. The van der Waals surface area contributed by atoms with Crippen molar-refractivity contribution in [2.75, 3.05) is 19.7 Å². The third-order valence-corrected chi connectivity index (χ3v) is 7.56. The molecule has 36 heavy (non-hydrogen) atoms. The van der Waals surface area contributed by atoms with Crippen molar-refractivity contribution < 1.29 is 19.0 Å². The van der Waals surface area contributed by atoms with E-state index in [9.17, 15) is 9.50 Å². The van der Waals surface area contributed by atoms with Gasteiger partial charge < -0.3 is 14.6 Å². The first kappa shape index (κ1) is 24.7. The van der Waals surface area contributed by atoms with Crippen molar-refractivity contribution >= 4 is 22.7 Å². The Hall–Kier alpha value is -3.02. The fourth-order valence-corrected chi connectivity index (χ4v) is 5.43. The van der Waals surface area contributed by atoms with Gasteiger partial charge in [-0.3, -0.25) is 4.90 Å². The standard InChI is InChI=1S/C30H31ClFNO3/c1-18-12-13-33(16-18)19(2)17-35-24-8-4-21(5-9-24)30-29(25-10-6-22(32)14-27(25)31)20(3)26-15-23(34)7-11-28(26)36-30/h4-11,14-15,18-19,30,34H,12-13,16-17H2,1-3H3/t18-,19+,30?/m1/s1. The molecule has 3 aromatic rings. The highest BCUT2D eigenvalue weighted by Crippen LogP contribution is 2.48. The Morgan fingerprint density at radius 2 is 1.89 bits per heavy atom. The summed E-state index contributed by atoms with van der Waals surface area (Å²) < 4.78 is 26.4. The fraction of sp³-hybridized carbons (Fsp3) is 0.333. The first-order chi connectivity index (χ1) is 17.3. The van der Waals surface area contributed by atoms with Crippen LogP contribution < -0.4 is 9.47 Å². The first-order valence-electron chi connectivity index (χ1n) is 12.4. The van der Waals surface area contributed by atoms with Gasteiger partial charge in [-0.05, 0) is 86.3 Å². The quantitative estimate of drug-likeness (QED) is 0.378. The van der Waals surface area contributed by atoms with Gasteiger partial charge in [0.15, 0.2) is 0 Å². The van der Waals surface area contributed by atoms with Gasteiger partial charge in [0, 0.05) is 29.3 Å². The van der Waals surface area contributed by atoms with Crippen molar-refractivity contribution in [1.29, 1.82) is 0 Å². The minimum Gasteiger partial charge on any atom is -0.508 e. The summed E-state index contributed by atoms with van der Waals surface area (Å²) in [5.41, 5.74) is 4.16. The normalized spacial score (nSPS) is 20.7. The van der Waals surface area contributed by atoms with Crippen molar-refractivity contribution in [2.24, 2.45) is 5.92 Å². The molecule has 0 spiro atoms. The molecule has 1 saturated heterocycles. The van der Waals surface area contributed by atoms with Gasteiger partial charge in [0.05, 0.1) is 5.02 Å². The number of hydrogen-bond donors (Lipinski definition) is 1. The van der Waals surface area contributed by atoms with Crippen LogP contribution >= 0.6 is 11.6 Å². The van der Waals surface area contributed by atoms with Gasteiger partial charge in [0.2, 0.25) is 0 Å². The van der Waals surface area contributed by atoms with Crippen LogP contribution in [0.1, 0.15) is 50.0 Å². The summed E-state index contributed by atoms with van der Waals surface area (Å²) in [4.78, 5) is 2.48. The van der Waals surface area contributed by atoms with E-state index in [1.165, 1.54) is 18.6 Å². The van der Waals surface area contributed by atoms with E-state index in [1.54, 1.807) is 24.3 Å². The molecule has 0 amide bonds. The summed E-state index contributed by atoms with van der Waals surface area (Å²) in [7, 11) is 0. The Morgan fingerprint density at radius 3 is 2.58 bits per heavy atom. The number of phenolic OH excluding ortho intramolecular Hbond substituents is 1. The van der Waals surface area contributed by atoms with Gasteiger partial charge in [-0.2, -0.15) is 0 Å². The Bertz CT molecular complexity index is 1290. The van der Waals surface area contributed by atoms with Crippen LogP contribution in [0.15, 0.2) is 60.7 Å². The number of fused-ring (bicyclic) bond motifs is 1. The number of phenols is 1. The molecule has 2 heterocycles. The second kappa shape index (κ2) is 10.2. The number of halogens is 2. The van der Waals surface area contributed by atoms with E-state index in [4.69, 9.17) is 21.1 Å². The predicted octanol–water partition coefficient (Wildman–Crippen LogP) is 7.36. The molecule has 3 aromatic carbocycles. The molecular weight excluding hydrogens is 477 g/mol. The summed E-state index contributed by atoms with van der Waals surface area (Å²) in [6.45, 7) is 9.37. The molecule has 2 aliphatic rings. The number of allylic oxidation sites excluding steroid dienone is 1. The topological polar surface area (TPSA) is 41.9 Å². The van der Waals surface area contributed by atoms with Gasteiger partial charge >= 0.3 is 0 Å². The van der Waals surface area contributed by atoms with Gasteiger partial charge in [0.25, 0.3) is 0 Å². The number of rotatable bonds is 6. The van der Waals surface area contributed by atoms with Gasteiger partial charge in [-0.25, -0.2) is 4.39 Å². The van der Waals surface area contributed by atoms with Crippen LogP contribution in [0, 0.1) is 11.7 Å². The average Bonchev–Trinajstić information content (AvgIpc) is 3.30. The molecule has 6 heteroatoms. The molecule has 3 atom stereocenters. The van der Waals surface area contributed by atoms with Crippen molar-refractivity contribution in [3.63, 3.8) is 0 Å². The van der Waals surface area contributed by atoms with Crippen LogP contribution in [-0.4, -0.2) is 35.7 Å². The molecule has 0 saturated carbocycles. The molecule has 0 aromatic heterocycles. The zero-order valence-corrected chi connectivity index (χ0v) is 21.6. The third-order valence-electron chi connectivity index (χ3n) is 7.25. The van der Waals surface area contributed by atoms with Crippen LogP contribution in [0.2, 0.25) is 5.02 Å². The zero-order chi connectivity index (χ0) is 25.4. The van der Waals surface area contributed by atoms with Gasteiger partial charge in [0.1, 0.15) is 35.8 Å². The lowest BCUT2D eigenvalue weighted by molar-refractivity contribution is 0.169. The molecule has 0 bridgehead atoms. The number of ether oxygens (including phenoxy) is 2. The predicted molar refractivity (Wildman–Crippen MR) is 142 cm³/mol. The van der Waals surface area contributed by atoms with Crippen molar-refractivity contribution in [3.8, 4) is 17.2 Å². The molecule has 1 unspecified atom stereocenters. The summed E-state index contributed by atoms with van der Waals surface area (Å²) >= 11 is 6.50. The largest absolute Gasteiger partial charge is 0.508 e. The number of benzene rings is 3. The third kappa shape index (κ3) is 4.95. The van der Waals surface area contributed by atoms with Crippen LogP contribution in [0.4, 0.5) is 4.39 Å². The second-order valence-electron chi connectivity index (χ2n) is 9.96. The molecule has 0 radical (unpaired) electrons. The van der Waals surface area contributed by atoms with E-state index >= 15 is 0 Å². The smallest absolute Gasteiger partial charge is 0.150 e. The average molecular weight is 508 g/mol. The maximum absolute atomic E-state index is 13.8. The molecular formula is C30H31ClFNO3. The molecule has 1 N–H and O–H groups in total. The van der Waals surface area contributed by atoms with E-state index in [0.717, 1.165) is 47.0 Å². The van der Waals surface area contributed by atoms with E-state index in [0.29, 0.717) is 29.0 Å². The van der Waals surface area contributed by atoms with E-state index < -0.39 is 11.9 Å². The molecule has 2 aliphatic heterocycles. The lowest BCUT2D eigenvalue weighted by Gasteiger charge is -2.31. The number of likely N-dealkylation sites (tertiary alicyclic amines) is 1. The molecule has 4 nitrogen and oxygen atoms in total. The minimum absolute atomic E-state index is 0.152. The maximum atomic E-state index is 13.8. The molecule has 0 aliphatic carbocycles. The highest BCUT2D eigenvalue weighted by molar-refractivity contribution is 6.32. The number of nitrogens with zero attached hydrogens (tertiary/aromatic N) is 1. The Morgan fingerprint density at radius 1 is 1.11 bits per heavy atom. The molecule has 188 valence electrons. The van der Waals surface area contributed by atoms with Crippen molar-refractivity contribution in [2.45, 2.75) is 39.3 Å². The Labute approximate surface area is 216 Å². The number of hydrogen-bond acceptors (Lipinski definition) is 4. The summed E-state index contributed by atoms with van der Waals surface area (Å²) in [6, 6.07) is 17.7. The Balaban J connectivity index is 1.43. The van der Waals surface area contributed by atoms with Gasteiger partial charge in [-0.15, -0.1) is 0 Å². The van der Waals surface area contributed by atoms with Crippen LogP contribution in [0.5, 0.6) is 17.2 Å². The highest BCUT2D eigenvalue weighted by Gasteiger charge is 2.31. The lowest BCUT2D eigenvalue weighted by atomic mass is 9.86. The summed E-state index contributed by atoms with van der Waals surface area (Å²) in [6.07, 6.45) is 0.792. The molecule has 1 fully saturated rings. The fourth-order valence-electron chi connectivity index (χ4n) is 5.16. The highest BCUT2D eigenvalue weighted by atomic mass is 35.5. The summed E-state index contributed by atoms with van der Waals surface area (Å²) in [5.74, 6) is 1.98. The van der Waals surface area contributed by atoms with Crippen molar-refractivity contribution in [1.82, 2.24) is 4.90 Å². The first-order valence-corrected chi connectivity index (χ1v) is 12.8. The van der Waals surface area contributed by atoms with E-state index in [1.807, 2.05) is 31.2 Å². The van der Waals surface area contributed by atoms with Crippen LogP contribution in [-0.2, 0) is 0 Å². The number of aromatic hydroxyl groups is 1. The maximum Gasteiger partial charge on any atom is 0.150 e. The van der Waals surface area contributed by atoms with Crippen molar-refractivity contribution in [3.05, 3.63) is 88.2 Å². The Kier molecular flexibility index (Phi) is 6.96. The van der Waals surface area contributed by atoms with E-state index in [-0.39, 0.29) is 5.75 Å². The monoisotopic (exact) mass is 507 g/mol. The summed E-state index contributed by atoms with van der Waals surface area (Å²) in [5, 5.41) is 10.4. The van der Waals surface area contributed by atoms with E-state index in [2.05, 4.69) is 18.7 Å². The molecule has 5 rings (SSSR count).